The predicted molar refractivity (Wildman–Crippen MR) is 80.5 cm³/mol. The molecule has 1 rings (SSSR count). The van der Waals surface area contributed by atoms with Crippen molar-refractivity contribution in [2.45, 2.75) is 33.1 Å². The van der Waals surface area contributed by atoms with Gasteiger partial charge in [-0.15, -0.1) is 0 Å². The molecule has 5 heteroatoms. The molecule has 1 amide bonds. The van der Waals surface area contributed by atoms with Gasteiger partial charge < -0.3 is 15.2 Å². The number of hydrogen-bond acceptors (Lipinski definition) is 3. The molecule has 0 saturated carbocycles. The molecule has 21 heavy (non-hydrogen) atoms. The van der Waals surface area contributed by atoms with Crippen molar-refractivity contribution in [1.82, 2.24) is 5.32 Å². The first-order valence-corrected chi connectivity index (χ1v) is 7.12. The van der Waals surface area contributed by atoms with Gasteiger partial charge in [0.05, 0.1) is 5.92 Å². The van der Waals surface area contributed by atoms with Crippen LogP contribution in [-0.2, 0) is 9.59 Å². The van der Waals surface area contributed by atoms with Gasteiger partial charge in [0.15, 0.2) is 6.61 Å². The van der Waals surface area contributed by atoms with Crippen LogP contribution >= 0.6 is 0 Å². The molecule has 1 aromatic carbocycles. The summed E-state index contributed by atoms with van der Waals surface area (Å²) in [6, 6.07) is 7.65. The van der Waals surface area contributed by atoms with Crippen LogP contribution < -0.4 is 10.1 Å². The first kappa shape index (κ1) is 17.0. The van der Waals surface area contributed by atoms with E-state index in [0.29, 0.717) is 24.6 Å². The van der Waals surface area contributed by atoms with Crippen LogP contribution in [0.4, 0.5) is 0 Å². The average molecular weight is 293 g/mol. The quantitative estimate of drug-likeness (QED) is 0.772. The van der Waals surface area contributed by atoms with Gasteiger partial charge in [-0.2, -0.15) is 0 Å². The van der Waals surface area contributed by atoms with Crippen LogP contribution in [-0.4, -0.2) is 30.1 Å². The Hall–Kier alpha value is -2.04. The van der Waals surface area contributed by atoms with Crippen molar-refractivity contribution < 1.29 is 19.4 Å². The minimum Gasteiger partial charge on any atom is -0.484 e. The maximum absolute atomic E-state index is 11.6. The minimum absolute atomic E-state index is 0.0665. The maximum Gasteiger partial charge on any atom is 0.306 e. The first-order chi connectivity index (χ1) is 9.90. The molecule has 1 unspecified atom stereocenters. The number of carbonyl (C=O) groups excluding carboxylic acids is 1. The highest BCUT2D eigenvalue weighted by molar-refractivity contribution is 5.77. The van der Waals surface area contributed by atoms with E-state index >= 15 is 0 Å². The Kier molecular flexibility index (Phi) is 6.72. The fourth-order valence-corrected chi connectivity index (χ4v) is 1.71. The monoisotopic (exact) mass is 293 g/mol. The molecule has 116 valence electrons. The van der Waals surface area contributed by atoms with Gasteiger partial charge in [0, 0.05) is 6.54 Å². The molecule has 5 nitrogen and oxygen atoms in total. The summed E-state index contributed by atoms with van der Waals surface area (Å²) in [7, 11) is 0. The van der Waals surface area contributed by atoms with E-state index in [1.165, 1.54) is 0 Å². The van der Waals surface area contributed by atoms with Crippen LogP contribution in [0.2, 0.25) is 0 Å². The summed E-state index contributed by atoms with van der Waals surface area (Å²) in [5, 5.41) is 11.4. The summed E-state index contributed by atoms with van der Waals surface area (Å²) in [5.74, 6) is -0.502. The molecule has 0 fully saturated rings. The number of amides is 1. The number of nitrogens with one attached hydrogen (secondary N) is 1. The normalized spacial score (nSPS) is 12.0. The van der Waals surface area contributed by atoms with Gasteiger partial charge in [-0.25, -0.2) is 0 Å². The lowest BCUT2D eigenvalue weighted by Gasteiger charge is -2.11. The molecule has 0 aliphatic rings. The zero-order chi connectivity index (χ0) is 15.8. The number of carboxylic acid groups (broad SMARTS) is 1. The number of hydrogen-bond donors (Lipinski definition) is 2. The fourth-order valence-electron chi connectivity index (χ4n) is 1.71. The van der Waals surface area contributed by atoms with Crippen LogP contribution in [0.15, 0.2) is 24.3 Å². The van der Waals surface area contributed by atoms with Crippen LogP contribution in [0.1, 0.15) is 38.7 Å². The predicted octanol–water partition coefficient (Wildman–Crippen LogP) is 2.42. The van der Waals surface area contributed by atoms with Crippen molar-refractivity contribution in [3.63, 3.8) is 0 Å². The van der Waals surface area contributed by atoms with Gasteiger partial charge >= 0.3 is 5.97 Å². The molecule has 0 radical (unpaired) electrons. The molecule has 0 aromatic heterocycles. The molecule has 0 aliphatic carbocycles. The fraction of sp³-hybridized carbons (Fsp3) is 0.500. The van der Waals surface area contributed by atoms with Gasteiger partial charge in [0.25, 0.3) is 5.91 Å². The van der Waals surface area contributed by atoms with E-state index < -0.39 is 11.9 Å². The van der Waals surface area contributed by atoms with E-state index in [1.54, 1.807) is 6.92 Å². The van der Waals surface area contributed by atoms with Crippen molar-refractivity contribution >= 4 is 11.9 Å². The molecule has 1 aromatic rings. The Morgan fingerprint density at radius 2 is 2.00 bits per heavy atom. The minimum atomic E-state index is -0.856. The van der Waals surface area contributed by atoms with Gasteiger partial charge in [-0.1, -0.05) is 32.9 Å². The van der Waals surface area contributed by atoms with E-state index in [9.17, 15) is 9.59 Å². The molecule has 0 aliphatic heterocycles. The third kappa shape index (κ3) is 6.29. The summed E-state index contributed by atoms with van der Waals surface area (Å²) in [4.78, 5) is 22.2. The zero-order valence-corrected chi connectivity index (χ0v) is 12.8. The largest absolute Gasteiger partial charge is 0.484 e. The summed E-state index contributed by atoms with van der Waals surface area (Å²) >= 11 is 0. The Labute approximate surface area is 125 Å². The Morgan fingerprint density at radius 1 is 1.29 bits per heavy atom. The highest BCUT2D eigenvalue weighted by Crippen LogP contribution is 2.19. The van der Waals surface area contributed by atoms with Crippen molar-refractivity contribution in [3.05, 3.63) is 29.8 Å². The lowest BCUT2D eigenvalue weighted by molar-refractivity contribution is -0.141. The van der Waals surface area contributed by atoms with Crippen LogP contribution in [0, 0.1) is 5.92 Å². The molecular weight excluding hydrogens is 270 g/mol. The van der Waals surface area contributed by atoms with Gasteiger partial charge in [0.2, 0.25) is 0 Å². The molecule has 0 bridgehead atoms. The molecule has 1 atom stereocenters. The number of ether oxygens (including phenoxy) is 1. The smallest absolute Gasteiger partial charge is 0.306 e. The SMILES string of the molecule is CC(CCNC(=O)COc1cccc(C(C)C)c1)C(=O)O. The van der Waals surface area contributed by atoms with Gasteiger partial charge in [-0.05, 0) is 30.0 Å². The lowest BCUT2D eigenvalue weighted by Crippen LogP contribution is -2.31. The molecule has 0 saturated heterocycles. The second-order valence-electron chi connectivity index (χ2n) is 5.39. The van der Waals surface area contributed by atoms with E-state index in [-0.39, 0.29) is 12.5 Å². The standard InChI is InChI=1S/C16H23NO4/c1-11(2)13-5-4-6-14(9-13)21-10-15(18)17-8-7-12(3)16(19)20/h4-6,9,11-12H,7-8,10H2,1-3H3,(H,17,18)(H,19,20). The Balaban J connectivity index is 2.33. The number of carbonyl (C=O) groups is 2. The van der Waals surface area contributed by atoms with E-state index in [2.05, 4.69) is 19.2 Å². The molecule has 0 heterocycles. The van der Waals surface area contributed by atoms with Crippen molar-refractivity contribution in [1.29, 1.82) is 0 Å². The van der Waals surface area contributed by atoms with E-state index in [4.69, 9.17) is 9.84 Å². The third-order valence-corrected chi connectivity index (χ3v) is 3.22. The second-order valence-corrected chi connectivity index (χ2v) is 5.39. The lowest BCUT2D eigenvalue weighted by atomic mass is 10.0. The molecule has 0 spiro atoms. The van der Waals surface area contributed by atoms with Gasteiger partial charge in [0.1, 0.15) is 5.75 Å². The third-order valence-electron chi connectivity index (χ3n) is 3.22. The number of benzene rings is 1. The van der Waals surface area contributed by atoms with E-state index in [1.807, 2.05) is 24.3 Å². The van der Waals surface area contributed by atoms with Gasteiger partial charge in [-0.3, -0.25) is 9.59 Å². The molecule has 2 N–H and O–H groups in total. The summed E-state index contributed by atoms with van der Waals surface area (Å²) in [6.45, 7) is 6.07. The zero-order valence-electron chi connectivity index (χ0n) is 12.8. The Morgan fingerprint density at radius 3 is 2.62 bits per heavy atom. The highest BCUT2D eigenvalue weighted by Gasteiger charge is 2.11. The van der Waals surface area contributed by atoms with Crippen LogP contribution in [0.3, 0.4) is 0 Å². The highest BCUT2D eigenvalue weighted by atomic mass is 16.5. The number of rotatable bonds is 8. The first-order valence-electron chi connectivity index (χ1n) is 7.12. The van der Waals surface area contributed by atoms with Crippen molar-refractivity contribution in [3.8, 4) is 5.75 Å². The Bertz CT molecular complexity index is 485. The molecular formula is C16H23NO4. The van der Waals surface area contributed by atoms with Crippen molar-refractivity contribution in [2.75, 3.05) is 13.2 Å². The summed E-state index contributed by atoms with van der Waals surface area (Å²) in [6.07, 6.45) is 0.407. The summed E-state index contributed by atoms with van der Waals surface area (Å²) in [5.41, 5.74) is 1.16. The topological polar surface area (TPSA) is 75.6 Å². The van der Waals surface area contributed by atoms with Crippen LogP contribution in [0.25, 0.3) is 0 Å². The number of aliphatic carboxylic acids is 1. The average Bonchev–Trinajstić information content (AvgIpc) is 2.45. The van der Waals surface area contributed by atoms with Crippen LogP contribution in [0.5, 0.6) is 5.75 Å². The number of carboxylic acids is 1. The van der Waals surface area contributed by atoms with E-state index in [0.717, 1.165) is 5.56 Å². The maximum atomic E-state index is 11.6. The van der Waals surface area contributed by atoms with Crippen molar-refractivity contribution in [2.24, 2.45) is 5.92 Å². The second kappa shape index (κ2) is 8.29. The summed E-state index contributed by atoms with van der Waals surface area (Å²) < 4.78 is 5.44.